The van der Waals surface area contributed by atoms with Gasteiger partial charge in [0.2, 0.25) is 5.88 Å². The van der Waals surface area contributed by atoms with Crippen molar-refractivity contribution in [3.8, 4) is 17.4 Å². The molecule has 0 unspecified atom stereocenters. The highest BCUT2D eigenvalue weighted by molar-refractivity contribution is 5.93. The van der Waals surface area contributed by atoms with Gasteiger partial charge in [-0.3, -0.25) is 4.79 Å². The number of aromatic nitrogens is 1. The Hall–Kier alpha value is -2.96. The number of rotatable bonds is 9. The minimum Gasteiger partial charge on any atom is -0.493 e. The molecular weight excluding hydrogens is 464 g/mol. The lowest BCUT2D eigenvalue weighted by molar-refractivity contribution is 0.101. The number of carbonyl (C=O) groups excluding carboxylic acids is 1. The van der Waals surface area contributed by atoms with Crippen molar-refractivity contribution in [2.45, 2.75) is 66.3 Å². The number of pyridine rings is 1. The van der Waals surface area contributed by atoms with E-state index in [1.807, 2.05) is 32.0 Å². The van der Waals surface area contributed by atoms with Crippen LogP contribution in [0.4, 0.5) is 0 Å². The van der Waals surface area contributed by atoms with Crippen molar-refractivity contribution < 1.29 is 19.4 Å². The number of ketones is 1. The molecule has 0 atom stereocenters. The number of aliphatic hydroxyl groups is 1. The predicted octanol–water partition coefficient (Wildman–Crippen LogP) is 7.38. The molecule has 2 N–H and O–H groups in total. The third-order valence-corrected chi connectivity index (χ3v) is 5.78. The molecule has 1 aromatic heterocycles. The number of carbonyl (C=O) groups is 1. The molecule has 2 aromatic rings. The van der Waals surface area contributed by atoms with Gasteiger partial charge < -0.3 is 19.9 Å². The smallest absolute Gasteiger partial charge is 0.219 e. The molecule has 6 heteroatoms. The topological polar surface area (TPSA) is 80.7 Å². The fourth-order valence-electron chi connectivity index (χ4n) is 3.82. The van der Waals surface area contributed by atoms with Gasteiger partial charge in [0.1, 0.15) is 0 Å². The van der Waals surface area contributed by atoms with E-state index in [9.17, 15) is 4.79 Å². The number of hydrogen-bond donors (Lipinski definition) is 2. The maximum Gasteiger partial charge on any atom is 0.219 e. The second kappa shape index (κ2) is 20.1. The average molecular weight is 513 g/mol. The minimum atomic E-state index is -0.0171. The van der Waals surface area contributed by atoms with Crippen molar-refractivity contribution in [2.24, 2.45) is 11.8 Å². The van der Waals surface area contributed by atoms with Crippen molar-refractivity contribution in [1.82, 2.24) is 10.3 Å². The second-order valence-corrected chi connectivity index (χ2v) is 9.33. The first-order chi connectivity index (χ1) is 17.8. The number of methoxy groups -OCH3 is 1. The number of allylic oxidation sites excluding steroid dienone is 1. The Morgan fingerprint density at radius 2 is 1.68 bits per heavy atom. The Kier molecular flexibility index (Phi) is 18.5. The van der Waals surface area contributed by atoms with Gasteiger partial charge in [0.15, 0.2) is 17.3 Å². The van der Waals surface area contributed by atoms with E-state index < -0.39 is 0 Å². The number of Topliss-reactive ketones (excluding diaryl/α,β-unsaturated/α-hetero) is 1. The van der Waals surface area contributed by atoms with Gasteiger partial charge in [-0.2, -0.15) is 0 Å². The normalized spacial score (nSPS) is 15.9. The van der Waals surface area contributed by atoms with Crippen molar-refractivity contribution in [3.63, 3.8) is 0 Å². The lowest BCUT2D eigenvalue weighted by atomic mass is 9.81. The van der Waals surface area contributed by atoms with Gasteiger partial charge in [-0.25, -0.2) is 4.98 Å². The molecule has 0 aliphatic heterocycles. The first-order valence-corrected chi connectivity index (χ1v) is 12.9. The van der Waals surface area contributed by atoms with Crippen LogP contribution in [0.1, 0.15) is 75.7 Å². The Balaban J connectivity index is 0.00000145. The lowest BCUT2D eigenvalue weighted by Crippen LogP contribution is -2.20. The number of ether oxygens (including phenoxy) is 2. The van der Waals surface area contributed by atoms with E-state index in [1.165, 1.54) is 50.8 Å². The van der Waals surface area contributed by atoms with E-state index in [0.717, 1.165) is 37.6 Å². The van der Waals surface area contributed by atoms with E-state index in [1.54, 1.807) is 19.2 Å². The van der Waals surface area contributed by atoms with Crippen LogP contribution in [0.15, 0.2) is 61.8 Å². The number of hydrogen-bond acceptors (Lipinski definition) is 6. The van der Waals surface area contributed by atoms with Gasteiger partial charge in [-0.1, -0.05) is 44.2 Å². The predicted molar refractivity (Wildman–Crippen MR) is 155 cm³/mol. The summed E-state index contributed by atoms with van der Waals surface area (Å²) < 4.78 is 11.3. The summed E-state index contributed by atoms with van der Waals surface area (Å²) in [4.78, 5) is 15.5. The lowest BCUT2D eigenvalue weighted by Gasteiger charge is -2.26. The molecule has 1 aliphatic carbocycles. The van der Waals surface area contributed by atoms with Crippen LogP contribution in [-0.4, -0.2) is 36.6 Å². The van der Waals surface area contributed by atoms with Gasteiger partial charge in [0, 0.05) is 31.5 Å². The molecule has 1 aromatic carbocycles. The fraction of sp³-hybridized carbons (Fsp3) is 0.484. The van der Waals surface area contributed by atoms with E-state index in [2.05, 4.69) is 37.0 Å². The highest BCUT2D eigenvalue weighted by Crippen LogP contribution is 2.32. The zero-order valence-electron chi connectivity index (χ0n) is 23.8. The molecule has 0 spiro atoms. The zero-order valence-corrected chi connectivity index (χ0v) is 23.8. The molecule has 1 aliphatic rings. The molecule has 6 nitrogen and oxygen atoms in total. The maximum absolute atomic E-state index is 11.4. The van der Waals surface area contributed by atoms with E-state index in [0.29, 0.717) is 22.9 Å². The maximum atomic E-state index is 11.4. The molecule has 0 bridgehead atoms. The van der Waals surface area contributed by atoms with Crippen LogP contribution in [0.2, 0.25) is 0 Å². The van der Waals surface area contributed by atoms with Gasteiger partial charge >= 0.3 is 0 Å². The first-order valence-electron chi connectivity index (χ1n) is 12.9. The van der Waals surface area contributed by atoms with Crippen LogP contribution in [0.5, 0.6) is 17.4 Å². The Bertz CT molecular complexity index is 900. The summed E-state index contributed by atoms with van der Waals surface area (Å²) in [6.07, 6.45) is 8.31. The van der Waals surface area contributed by atoms with E-state index in [4.69, 9.17) is 14.6 Å². The standard InChI is InChI=1S/C24H32N2O3.C4H8.C2H4.CH4O/c1-17-4-6-19(7-5-17)12-13-25-15-20-8-10-22(23(14-20)28-3)29-24-11-9-21(16-26-24)18(2)27;1-4(2)3;2*1-2/h8-11,14,16-17,19,25H,4-7,12-13,15H2,1-3H3;1H2,2-3H3;1-2H2;2H,1H3. The number of aliphatic hydroxyl groups excluding tert-OH is 1. The summed E-state index contributed by atoms with van der Waals surface area (Å²) in [5, 5.41) is 10.6. The average Bonchev–Trinajstić information content (AvgIpc) is 2.90. The van der Waals surface area contributed by atoms with Crippen molar-refractivity contribution >= 4 is 5.78 Å². The third-order valence-electron chi connectivity index (χ3n) is 5.78. The monoisotopic (exact) mass is 512 g/mol. The Morgan fingerprint density at radius 3 is 2.19 bits per heavy atom. The molecule has 1 heterocycles. The summed E-state index contributed by atoms with van der Waals surface area (Å²) in [5.41, 5.74) is 2.89. The molecule has 3 rings (SSSR count). The van der Waals surface area contributed by atoms with Crippen LogP contribution in [0, 0.1) is 11.8 Å². The zero-order chi connectivity index (χ0) is 28.2. The van der Waals surface area contributed by atoms with Gasteiger partial charge in [-0.15, -0.1) is 19.7 Å². The van der Waals surface area contributed by atoms with Crippen LogP contribution in [-0.2, 0) is 6.54 Å². The quantitative estimate of drug-likeness (QED) is 0.207. The molecule has 1 fully saturated rings. The first kappa shape index (κ1) is 34.0. The molecule has 0 saturated heterocycles. The van der Waals surface area contributed by atoms with Crippen molar-refractivity contribution in [3.05, 3.63) is 73.0 Å². The summed E-state index contributed by atoms with van der Waals surface area (Å²) in [5.74, 6) is 3.48. The van der Waals surface area contributed by atoms with Crippen LogP contribution >= 0.6 is 0 Å². The van der Waals surface area contributed by atoms with Gasteiger partial charge in [-0.05, 0) is 69.3 Å². The summed E-state index contributed by atoms with van der Waals surface area (Å²) in [7, 11) is 2.63. The molecule has 0 radical (unpaired) electrons. The highest BCUT2D eigenvalue weighted by Gasteiger charge is 2.17. The largest absolute Gasteiger partial charge is 0.493 e. The van der Waals surface area contributed by atoms with Gasteiger partial charge in [0.25, 0.3) is 0 Å². The number of nitrogens with one attached hydrogen (secondary N) is 1. The Morgan fingerprint density at radius 1 is 1.05 bits per heavy atom. The van der Waals surface area contributed by atoms with Crippen LogP contribution in [0.25, 0.3) is 0 Å². The molecule has 1 saturated carbocycles. The summed E-state index contributed by atoms with van der Waals surface area (Å²) in [6.45, 7) is 19.2. The summed E-state index contributed by atoms with van der Waals surface area (Å²) >= 11 is 0. The SMILES string of the molecule is C=C.C=C(C)C.CO.COc1cc(CNCCC2CCC(C)CC2)ccc1Oc1ccc(C(C)=O)cn1. The molecule has 206 valence electrons. The minimum absolute atomic E-state index is 0.0171. The van der Waals surface area contributed by atoms with Crippen LogP contribution in [0.3, 0.4) is 0 Å². The molecular formula is C31H48N2O4. The number of nitrogens with zero attached hydrogens (tertiary/aromatic N) is 1. The van der Waals surface area contributed by atoms with Crippen molar-refractivity contribution in [1.29, 1.82) is 0 Å². The van der Waals surface area contributed by atoms with Crippen LogP contribution < -0.4 is 14.8 Å². The van der Waals surface area contributed by atoms with E-state index in [-0.39, 0.29) is 5.78 Å². The fourth-order valence-corrected chi connectivity index (χ4v) is 3.82. The highest BCUT2D eigenvalue weighted by atomic mass is 16.5. The van der Waals surface area contributed by atoms with E-state index >= 15 is 0 Å². The molecule has 0 amide bonds. The summed E-state index contributed by atoms with van der Waals surface area (Å²) in [6, 6.07) is 9.34. The second-order valence-electron chi connectivity index (χ2n) is 9.33. The molecule has 37 heavy (non-hydrogen) atoms. The van der Waals surface area contributed by atoms with Crippen molar-refractivity contribution in [2.75, 3.05) is 20.8 Å². The Labute approximate surface area is 224 Å². The number of benzene rings is 1. The third kappa shape index (κ3) is 14.4. The van der Waals surface area contributed by atoms with Gasteiger partial charge in [0.05, 0.1) is 7.11 Å².